The Hall–Kier alpha value is -1.88. The molecule has 1 aromatic carbocycles. The monoisotopic (exact) mass is 243 g/mol. The largest absolute Gasteiger partial charge is 0.339 e. The van der Waals surface area contributed by atoms with Crippen molar-refractivity contribution in [1.82, 2.24) is 15.2 Å². The number of hydrogen-bond acceptors (Lipinski definition) is 4. The van der Waals surface area contributed by atoms with E-state index in [2.05, 4.69) is 20.1 Å². The van der Waals surface area contributed by atoms with Crippen LogP contribution in [0, 0.1) is 0 Å². The summed E-state index contributed by atoms with van der Waals surface area (Å²) in [4.78, 5) is 6.73. The summed E-state index contributed by atoms with van der Waals surface area (Å²) in [6.45, 7) is 1.88. The molecule has 94 valence electrons. The van der Waals surface area contributed by atoms with Gasteiger partial charge in [-0.15, -0.1) is 5.10 Å². The lowest BCUT2D eigenvalue weighted by Gasteiger charge is -2.28. The maximum absolute atomic E-state index is 5.90. The van der Waals surface area contributed by atoms with Crippen molar-refractivity contribution in [3.8, 4) is 11.4 Å². The van der Waals surface area contributed by atoms with Crippen LogP contribution >= 0.6 is 0 Å². The number of piperidine rings is 1. The van der Waals surface area contributed by atoms with Gasteiger partial charge < -0.3 is 10.6 Å². The Labute approximate surface area is 106 Å². The fraction of sp³-hybridized carbons (Fsp3) is 0.385. The van der Waals surface area contributed by atoms with Gasteiger partial charge in [-0.25, -0.2) is 0 Å². The first-order valence-electron chi connectivity index (χ1n) is 6.31. The van der Waals surface area contributed by atoms with E-state index in [9.17, 15) is 0 Å². The van der Waals surface area contributed by atoms with Gasteiger partial charge in [-0.05, 0) is 12.8 Å². The SMILES string of the molecule is NC1CCN(c2n[nH]c(-c3ccccc3)n2)CC1. The first-order chi connectivity index (χ1) is 8.83. The summed E-state index contributed by atoms with van der Waals surface area (Å²) in [6, 6.07) is 10.4. The molecular weight excluding hydrogens is 226 g/mol. The van der Waals surface area contributed by atoms with Crippen LogP contribution in [-0.2, 0) is 0 Å². The first kappa shape index (κ1) is 11.2. The first-order valence-corrected chi connectivity index (χ1v) is 6.31. The quantitative estimate of drug-likeness (QED) is 0.836. The van der Waals surface area contributed by atoms with E-state index in [0.717, 1.165) is 43.3 Å². The molecule has 0 aliphatic carbocycles. The molecule has 2 aromatic rings. The summed E-state index contributed by atoms with van der Waals surface area (Å²) >= 11 is 0. The van der Waals surface area contributed by atoms with Crippen LogP contribution in [0.1, 0.15) is 12.8 Å². The average Bonchev–Trinajstić information content (AvgIpc) is 2.90. The molecule has 1 aromatic heterocycles. The molecule has 1 saturated heterocycles. The van der Waals surface area contributed by atoms with E-state index in [1.54, 1.807) is 0 Å². The summed E-state index contributed by atoms with van der Waals surface area (Å²) < 4.78 is 0. The van der Waals surface area contributed by atoms with Crippen LogP contribution in [0.3, 0.4) is 0 Å². The van der Waals surface area contributed by atoms with Crippen LogP contribution in [0.4, 0.5) is 5.95 Å². The van der Waals surface area contributed by atoms with Crippen LogP contribution in [0.5, 0.6) is 0 Å². The van der Waals surface area contributed by atoms with E-state index in [0.29, 0.717) is 6.04 Å². The smallest absolute Gasteiger partial charge is 0.245 e. The van der Waals surface area contributed by atoms with Gasteiger partial charge in [-0.3, -0.25) is 5.10 Å². The molecule has 0 radical (unpaired) electrons. The van der Waals surface area contributed by atoms with Crippen molar-refractivity contribution in [3.63, 3.8) is 0 Å². The van der Waals surface area contributed by atoms with E-state index in [4.69, 9.17) is 5.73 Å². The van der Waals surface area contributed by atoms with Gasteiger partial charge in [0.2, 0.25) is 5.95 Å². The lowest BCUT2D eigenvalue weighted by Crippen LogP contribution is -2.40. The predicted molar refractivity (Wildman–Crippen MR) is 71.2 cm³/mol. The molecule has 3 rings (SSSR count). The van der Waals surface area contributed by atoms with Crippen molar-refractivity contribution < 1.29 is 0 Å². The molecule has 0 amide bonds. The van der Waals surface area contributed by atoms with Gasteiger partial charge in [0.1, 0.15) is 0 Å². The van der Waals surface area contributed by atoms with Gasteiger partial charge in [0, 0.05) is 24.7 Å². The number of aromatic amines is 1. The molecule has 0 saturated carbocycles. The molecule has 5 nitrogen and oxygen atoms in total. The number of anilines is 1. The number of nitrogens with two attached hydrogens (primary N) is 1. The second kappa shape index (κ2) is 4.78. The van der Waals surface area contributed by atoms with Crippen molar-refractivity contribution in [1.29, 1.82) is 0 Å². The Morgan fingerprint density at radius 3 is 2.61 bits per heavy atom. The lowest BCUT2D eigenvalue weighted by molar-refractivity contribution is 0.496. The van der Waals surface area contributed by atoms with Crippen molar-refractivity contribution in [3.05, 3.63) is 30.3 Å². The topological polar surface area (TPSA) is 70.8 Å². The standard InChI is InChI=1S/C13H17N5/c14-11-6-8-18(9-7-11)13-15-12(16-17-13)10-4-2-1-3-5-10/h1-5,11H,6-9,14H2,(H,15,16,17). The number of rotatable bonds is 2. The maximum atomic E-state index is 5.90. The number of H-pyrrole nitrogens is 1. The van der Waals surface area contributed by atoms with Crippen molar-refractivity contribution in [2.75, 3.05) is 18.0 Å². The molecule has 5 heteroatoms. The lowest BCUT2D eigenvalue weighted by atomic mass is 10.1. The molecule has 1 fully saturated rings. The Morgan fingerprint density at radius 1 is 1.17 bits per heavy atom. The van der Waals surface area contributed by atoms with Crippen molar-refractivity contribution in [2.45, 2.75) is 18.9 Å². The van der Waals surface area contributed by atoms with Crippen molar-refractivity contribution >= 4 is 5.95 Å². The minimum absolute atomic E-state index is 0.328. The van der Waals surface area contributed by atoms with Gasteiger partial charge in [-0.1, -0.05) is 30.3 Å². The van der Waals surface area contributed by atoms with E-state index in [1.165, 1.54) is 0 Å². The Morgan fingerprint density at radius 2 is 1.89 bits per heavy atom. The Kier molecular flexibility index (Phi) is 2.98. The highest BCUT2D eigenvalue weighted by atomic mass is 15.4. The molecule has 2 heterocycles. The van der Waals surface area contributed by atoms with Crippen LogP contribution in [-0.4, -0.2) is 34.3 Å². The maximum Gasteiger partial charge on any atom is 0.245 e. The number of benzene rings is 1. The zero-order chi connectivity index (χ0) is 12.4. The van der Waals surface area contributed by atoms with Crippen LogP contribution in [0.25, 0.3) is 11.4 Å². The Bertz CT molecular complexity index is 499. The summed E-state index contributed by atoms with van der Waals surface area (Å²) in [5.41, 5.74) is 6.96. The molecule has 0 unspecified atom stereocenters. The normalized spacial score (nSPS) is 17.1. The molecule has 0 spiro atoms. The van der Waals surface area contributed by atoms with E-state index in [1.807, 2.05) is 30.3 Å². The number of hydrogen-bond donors (Lipinski definition) is 2. The second-order valence-electron chi connectivity index (χ2n) is 4.67. The zero-order valence-corrected chi connectivity index (χ0v) is 10.2. The van der Waals surface area contributed by atoms with Crippen molar-refractivity contribution in [2.24, 2.45) is 5.73 Å². The predicted octanol–water partition coefficient (Wildman–Crippen LogP) is 1.40. The highest BCUT2D eigenvalue weighted by Gasteiger charge is 2.19. The zero-order valence-electron chi connectivity index (χ0n) is 10.2. The average molecular weight is 243 g/mol. The second-order valence-corrected chi connectivity index (χ2v) is 4.67. The molecule has 18 heavy (non-hydrogen) atoms. The summed E-state index contributed by atoms with van der Waals surface area (Å²) in [7, 11) is 0. The fourth-order valence-electron chi connectivity index (χ4n) is 2.22. The summed E-state index contributed by atoms with van der Waals surface area (Å²) in [5.74, 6) is 1.60. The highest BCUT2D eigenvalue weighted by Crippen LogP contribution is 2.19. The van der Waals surface area contributed by atoms with Crippen LogP contribution in [0.2, 0.25) is 0 Å². The van der Waals surface area contributed by atoms with E-state index in [-0.39, 0.29) is 0 Å². The van der Waals surface area contributed by atoms with Gasteiger partial charge in [0.15, 0.2) is 5.82 Å². The fourth-order valence-corrected chi connectivity index (χ4v) is 2.22. The molecule has 1 aliphatic rings. The number of nitrogens with zero attached hydrogens (tertiary/aromatic N) is 3. The highest BCUT2D eigenvalue weighted by molar-refractivity contribution is 5.56. The summed E-state index contributed by atoms with van der Waals surface area (Å²) in [5, 5.41) is 7.29. The van der Waals surface area contributed by atoms with E-state index >= 15 is 0 Å². The minimum atomic E-state index is 0.328. The molecular formula is C13H17N5. The Balaban J connectivity index is 1.78. The van der Waals surface area contributed by atoms with Gasteiger partial charge in [-0.2, -0.15) is 4.98 Å². The summed E-state index contributed by atoms with van der Waals surface area (Å²) in [6.07, 6.45) is 2.02. The molecule has 0 bridgehead atoms. The minimum Gasteiger partial charge on any atom is -0.339 e. The van der Waals surface area contributed by atoms with Gasteiger partial charge in [0.05, 0.1) is 0 Å². The van der Waals surface area contributed by atoms with E-state index < -0.39 is 0 Å². The molecule has 0 atom stereocenters. The van der Waals surface area contributed by atoms with Crippen LogP contribution in [0.15, 0.2) is 30.3 Å². The third kappa shape index (κ3) is 2.22. The third-order valence-electron chi connectivity index (χ3n) is 3.34. The number of aromatic nitrogens is 3. The van der Waals surface area contributed by atoms with Crippen LogP contribution < -0.4 is 10.6 Å². The molecule has 3 N–H and O–H groups in total. The molecule has 1 aliphatic heterocycles. The number of nitrogens with one attached hydrogen (secondary N) is 1. The third-order valence-corrected chi connectivity index (χ3v) is 3.34. The van der Waals surface area contributed by atoms with Gasteiger partial charge >= 0.3 is 0 Å². The van der Waals surface area contributed by atoms with Gasteiger partial charge in [0.25, 0.3) is 0 Å².